The molecule has 1 amide bonds. The predicted octanol–water partition coefficient (Wildman–Crippen LogP) is 3.59. The number of aromatic hydroxyl groups is 1. The number of aromatic nitrogens is 2. The average molecular weight is 412 g/mol. The molecular formula is C11H8Cl2IN3O2. The Labute approximate surface area is 132 Å². The number of rotatable bonds is 2. The highest BCUT2D eigenvalue weighted by atomic mass is 127. The summed E-state index contributed by atoms with van der Waals surface area (Å²) in [5.41, 5.74) is 1.52. The zero-order valence-corrected chi connectivity index (χ0v) is 13.3. The van der Waals surface area contributed by atoms with Gasteiger partial charge in [0.2, 0.25) is 0 Å². The number of phenols is 1. The number of benzene rings is 1. The van der Waals surface area contributed by atoms with Crippen molar-refractivity contribution in [2.75, 3.05) is 5.32 Å². The molecule has 3 N–H and O–H groups in total. The molecule has 1 aromatic heterocycles. The summed E-state index contributed by atoms with van der Waals surface area (Å²) in [5, 5.41) is 18.9. The molecule has 0 aliphatic carbocycles. The highest BCUT2D eigenvalue weighted by Gasteiger charge is 2.17. The molecule has 8 heteroatoms. The number of carbonyl (C=O) groups excluding carboxylic acids is 1. The van der Waals surface area contributed by atoms with E-state index in [1.165, 1.54) is 12.1 Å². The molecular weight excluding hydrogens is 404 g/mol. The van der Waals surface area contributed by atoms with E-state index in [1.807, 2.05) is 22.6 Å². The van der Waals surface area contributed by atoms with Crippen LogP contribution in [0.1, 0.15) is 16.1 Å². The Balaban J connectivity index is 2.30. The third kappa shape index (κ3) is 2.96. The first-order chi connectivity index (χ1) is 8.90. The van der Waals surface area contributed by atoms with Gasteiger partial charge in [-0.1, -0.05) is 23.2 Å². The van der Waals surface area contributed by atoms with Gasteiger partial charge >= 0.3 is 0 Å². The van der Waals surface area contributed by atoms with Gasteiger partial charge in [-0.2, -0.15) is 5.10 Å². The summed E-state index contributed by atoms with van der Waals surface area (Å²) >= 11 is 13.5. The number of nitrogens with zero attached hydrogens (tertiary/aromatic N) is 1. The van der Waals surface area contributed by atoms with E-state index in [2.05, 4.69) is 15.5 Å². The van der Waals surface area contributed by atoms with Crippen LogP contribution in [0.4, 0.5) is 5.69 Å². The molecule has 100 valence electrons. The smallest absolute Gasteiger partial charge is 0.260 e. The molecule has 0 aliphatic rings. The number of nitrogens with one attached hydrogen (secondary N) is 2. The molecule has 2 aromatic rings. The van der Waals surface area contributed by atoms with Crippen molar-refractivity contribution in [3.05, 3.63) is 37.1 Å². The maximum Gasteiger partial charge on any atom is 0.260 e. The van der Waals surface area contributed by atoms with Crippen molar-refractivity contribution in [1.82, 2.24) is 10.2 Å². The van der Waals surface area contributed by atoms with Crippen molar-refractivity contribution in [2.24, 2.45) is 0 Å². The SMILES string of the molecule is Cc1[nH]nc(I)c1C(=O)Nc1cc(Cl)c(O)c(Cl)c1. The first-order valence-corrected chi connectivity index (χ1v) is 6.93. The number of hydrogen-bond donors (Lipinski definition) is 3. The monoisotopic (exact) mass is 411 g/mol. The largest absolute Gasteiger partial charge is 0.505 e. The lowest BCUT2D eigenvalue weighted by Gasteiger charge is -2.07. The van der Waals surface area contributed by atoms with Gasteiger partial charge in [0.25, 0.3) is 5.91 Å². The topological polar surface area (TPSA) is 78.0 Å². The third-order valence-electron chi connectivity index (χ3n) is 2.40. The van der Waals surface area contributed by atoms with Gasteiger partial charge in [0.15, 0.2) is 5.75 Å². The lowest BCUT2D eigenvalue weighted by molar-refractivity contribution is 0.102. The maximum atomic E-state index is 12.1. The molecule has 0 atom stereocenters. The molecule has 5 nitrogen and oxygen atoms in total. The summed E-state index contributed by atoms with van der Waals surface area (Å²) in [6.07, 6.45) is 0. The van der Waals surface area contributed by atoms with E-state index in [1.54, 1.807) is 6.92 Å². The van der Waals surface area contributed by atoms with Gasteiger partial charge < -0.3 is 10.4 Å². The van der Waals surface area contributed by atoms with Crippen molar-refractivity contribution in [2.45, 2.75) is 6.92 Å². The molecule has 19 heavy (non-hydrogen) atoms. The number of hydrogen-bond acceptors (Lipinski definition) is 3. The van der Waals surface area contributed by atoms with E-state index in [9.17, 15) is 9.90 Å². The molecule has 0 bridgehead atoms. The van der Waals surface area contributed by atoms with E-state index in [4.69, 9.17) is 23.2 Å². The van der Waals surface area contributed by atoms with Crippen molar-refractivity contribution < 1.29 is 9.90 Å². The van der Waals surface area contributed by atoms with Gasteiger partial charge in [-0.25, -0.2) is 0 Å². The molecule has 0 spiro atoms. The minimum atomic E-state index is -0.325. The molecule has 1 aromatic carbocycles. The Morgan fingerprint density at radius 1 is 1.42 bits per heavy atom. The molecule has 0 unspecified atom stereocenters. The Kier molecular flexibility index (Phi) is 4.22. The van der Waals surface area contributed by atoms with Crippen LogP contribution in [-0.2, 0) is 0 Å². The first kappa shape index (κ1) is 14.4. The Morgan fingerprint density at radius 3 is 2.47 bits per heavy atom. The number of aromatic amines is 1. The molecule has 2 rings (SSSR count). The summed E-state index contributed by atoms with van der Waals surface area (Å²) in [5.74, 6) is -0.538. The van der Waals surface area contributed by atoms with Crippen molar-refractivity contribution >= 4 is 57.4 Å². The average Bonchev–Trinajstić information content (AvgIpc) is 2.66. The van der Waals surface area contributed by atoms with Crippen LogP contribution in [0, 0.1) is 10.6 Å². The zero-order chi connectivity index (χ0) is 14.2. The van der Waals surface area contributed by atoms with Crippen LogP contribution in [0.15, 0.2) is 12.1 Å². The second kappa shape index (κ2) is 5.56. The molecule has 0 saturated carbocycles. The standard InChI is InChI=1S/C11H8Cl2IN3O2/c1-4-8(10(14)17-16-4)11(19)15-5-2-6(12)9(18)7(13)3-5/h2-3,18H,1H3,(H,15,19)(H,16,17). The number of anilines is 1. The highest BCUT2D eigenvalue weighted by molar-refractivity contribution is 14.1. The number of amides is 1. The second-order valence-electron chi connectivity index (χ2n) is 3.76. The summed E-state index contributed by atoms with van der Waals surface area (Å²) < 4.78 is 0.573. The van der Waals surface area contributed by atoms with E-state index in [0.717, 1.165) is 0 Å². The van der Waals surface area contributed by atoms with E-state index >= 15 is 0 Å². The summed E-state index contributed by atoms with van der Waals surface area (Å²) in [6.45, 7) is 1.75. The fourth-order valence-electron chi connectivity index (χ4n) is 1.49. The van der Waals surface area contributed by atoms with Crippen LogP contribution in [0.5, 0.6) is 5.75 Å². The van der Waals surface area contributed by atoms with Crippen molar-refractivity contribution in [1.29, 1.82) is 0 Å². The second-order valence-corrected chi connectivity index (χ2v) is 5.59. The Bertz CT molecular complexity index is 615. The normalized spacial score (nSPS) is 10.5. The maximum absolute atomic E-state index is 12.1. The number of carbonyl (C=O) groups is 1. The van der Waals surface area contributed by atoms with E-state index in [-0.39, 0.29) is 21.7 Å². The Morgan fingerprint density at radius 2 is 2.00 bits per heavy atom. The van der Waals surface area contributed by atoms with Crippen LogP contribution >= 0.6 is 45.8 Å². The van der Waals surface area contributed by atoms with Crippen LogP contribution in [-0.4, -0.2) is 21.2 Å². The van der Waals surface area contributed by atoms with Gasteiger partial charge in [-0.05, 0) is 41.6 Å². The zero-order valence-electron chi connectivity index (χ0n) is 9.59. The number of halogens is 3. The minimum absolute atomic E-state index is 0.0708. The van der Waals surface area contributed by atoms with Gasteiger partial charge in [-0.15, -0.1) is 0 Å². The molecule has 0 aliphatic heterocycles. The predicted molar refractivity (Wildman–Crippen MR) is 82.1 cm³/mol. The van der Waals surface area contributed by atoms with Gasteiger partial charge in [-0.3, -0.25) is 9.89 Å². The van der Waals surface area contributed by atoms with Crippen molar-refractivity contribution in [3.63, 3.8) is 0 Å². The number of aryl methyl sites for hydroxylation is 1. The summed E-state index contributed by atoms with van der Waals surface area (Å²) in [6, 6.07) is 2.84. The number of phenolic OH excluding ortho intramolecular Hbond substituents is 1. The van der Waals surface area contributed by atoms with E-state index < -0.39 is 0 Å². The first-order valence-electron chi connectivity index (χ1n) is 5.10. The lowest BCUT2D eigenvalue weighted by atomic mass is 10.2. The van der Waals surface area contributed by atoms with E-state index in [0.29, 0.717) is 20.6 Å². The number of H-pyrrole nitrogens is 1. The van der Waals surface area contributed by atoms with Crippen molar-refractivity contribution in [3.8, 4) is 5.75 Å². The van der Waals surface area contributed by atoms with Gasteiger partial charge in [0, 0.05) is 11.4 Å². The minimum Gasteiger partial charge on any atom is -0.505 e. The third-order valence-corrected chi connectivity index (χ3v) is 3.76. The molecule has 0 radical (unpaired) electrons. The Hall–Kier alpha value is -0.990. The summed E-state index contributed by atoms with van der Waals surface area (Å²) in [7, 11) is 0. The summed E-state index contributed by atoms with van der Waals surface area (Å²) in [4.78, 5) is 12.1. The highest BCUT2D eigenvalue weighted by Crippen LogP contribution is 2.34. The quantitative estimate of drug-likeness (QED) is 0.522. The van der Waals surface area contributed by atoms with Gasteiger partial charge in [0.05, 0.1) is 15.6 Å². The van der Waals surface area contributed by atoms with Crippen LogP contribution in [0.25, 0.3) is 0 Å². The molecule has 0 saturated heterocycles. The van der Waals surface area contributed by atoms with Crippen LogP contribution in [0.3, 0.4) is 0 Å². The van der Waals surface area contributed by atoms with Crippen LogP contribution in [0.2, 0.25) is 10.0 Å². The van der Waals surface area contributed by atoms with Crippen LogP contribution < -0.4 is 5.32 Å². The lowest BCUT2D eigenvalue weighted by Crippen LogP contribution is -2.13. The molecule has 0 fully saturated rings. The molecule has 1 heterocycles. The fraction of sp³-hybridized carbons (Fsp3) is 0.0909. The van der Waals surface area contributed by atoms with Gasteiger partial charge in [0.1, 0.15) is 3.70 Å². The fourth-order valence-corrected chi connectivity index (χ4v) is 2.75.